The van der Waals surface area contributed by atoms with E-state index in [2.05, 4.69) is 22.2 Å². The van der Waals surface area contributed by atoms with E-state index < -0.39 is 0 Å². The van der Waals surface area contributed by atoms with Gasteiger partial charge in [0.1, 0.15) is 23.4 Å². The van der Waals surface area contributed by atoms with E-state index in [1.165, 1.54) is 0 Å². The summed E-state index contributed by atoms with van der Waals surface area (Å²) in [4.78, 5) is 8.76. The van der Waals surface area contributed by atoms with Gasteiger partial charge in [-0.3, -0.25) is 9.98 Å². The van der Waals surface area contributed by atoms with Crippen molar-refractivity contribution >= 4 is 18.0 Å². The highest BCUT2D eigenvalue weighted by atomic mass is 16.5. The second-order valence-electron chi connectivity index (χ2n) is 7.37. The van der Waals surface area contributed by atoms with E-state index in [1.807, 2.05) is 62.5 Å². The highest BCUT2D eigenvalue weighted by Gasteiger charge is 2.18. The molecule has 2 aromatic rings. The van der Waals surface area contributed by atoms with E-state index in [0.717, 1.165) is 48.6 Å². The van der Waals surface area contributed by atoms with Crippen LogP contribution in [0.5, 0.6) is 11.5 Å². The number of nitrogens with zero attached hydrogens (tertiary/aromatic N) is 2. The Balaban J connectivity index is 1.82. The number of aromatic nitrogens is 1. The van der Waals surface area contributed by atoms with Crippen molar-refractivity contribution in [2.45, 2.75) is 39.7 Å². The fourth-order valence-electron chi connectivity index (χ4n) is 2.91. The number of anilines is 1. The molecule has 30 heavy (non-hydrogen) atoms. The minimum atomic E-state index is 0.173. The Hall–Kier alpha value is -3.12. The summed E-state index contributed by atoms with van der Waals surface area (Å²) < 4.78 is 12.2. The monoisotopic (exact) mass is 406 g/mol. The molecule has 6 heteroatoms. The normalized spacial score (nSPS) is 15.0. The average Bonchev–Trinajstić information content (AvgIpc) is 2.65. The first-order chi connectivity index (χ1) is 14.5. The van der Waals surface area contributed by atoms with Gasteiger partial charge < -0.3 is 20.5 Å². The molecule has 158 valence electrons. The summed E-state index contributed by atoms with van der Waals surface area (Å²) in [6, 6.07) is 9.43. The third-order valence-electron chi connectivity index (χ3n) is 4.52. The summed E-state index contributed by atoms with van der Waals surface area (Å²) in [6.45, 7) is 7.72. The quantitative estimate of drug-likeness (QED) is 0.271. The van der Waals surface area contributed by atoms with Gasteiger partial charge in [0.25, 0.3) is 0 Å². The summed E-state index contributed by atoms with van der Waals surface area (Å²) >= 11 is 0. The van der Waals surface area contributed by atoms with Crippen LogP contribution in [0.3, 0.4) is 0 Å². The van der Waals surface area contributed by atoms with Crippen LogP contribution >= 0.6 is 0 Å². The van der Waals surface area contributed by atoms with Crippen LogP contribution in [0, 0.1) is 13.8 Å². The third-order valence-corrected chi connectivity index (χ3v) is 4.52. The molecule has 0 unspecified atom stereocenters. The molecular formula is C24H30N4O2. The van der Waals surface area contributed by atoms with Crippen LogP contribution in [0.25, 0.3) is 6.08 Å². The Kier molecular flexibility index (Phi) is 7.63. The Morgan fingerprint density at radius 2 is 2.00 bits per heavy atom. The van der Waals surface area contributed by atoms with Crippen molar-refractivity contribution < 1.29 is 9.47 Å². The summed E-state index contributed by atoms with van der Waals surface area (Å²) in [6.07, 6.45) is 9.73. The first kappa shape index (κ1) is 21.6. The number of nitrogens with two attached hydrogens (primary N) is 1. The van der Waals surface area contributed by atoms with Gasteiger partial charge in [0, 0.05) is 60.1 Å². The molecule has 0 aliphatic carbocycles. The SMILES string of the molecule is CCC\C=N/C=C(\C=C/c1ccc(N)cc1Oc1cc(C)nc(C)c1)OC1CNC1. The number of hydrogen-bond donors (Lipinski definition) is 2. The van der Waals surface area contributed by atoms with E-state index in [-0.39, 0.29) is 6.10 Å². The van der Waals surface area contributed by atoms with Crippen LogP contribution in [0.4, 0.5) is 5.69 Å². The standard InChI is InChI=1S/C24H30N4O2/c1-4-5-10-26-14-21(29-23-15-27-16-23)9-7-19-6-8-20(25)13-24(19)30-22-11-17(2)28-18(3)12-22/h6-14,23,27H,4-5,15-16,25H2,1-3H3/b9-7-,21-14+,26-10-. The molecule has 6 nitrogen and oxygen atoms in total. The molecule has 0 spiro atoms. The summed E-state index contributed by atoms with van der Waals surface area (Å²) in [5, 5.41) is 3.21. The van der Waals surface area contributed by atoms with E-state index in [9.17, 15) is 0 Å². The fraction of sp³-hybridized carbons (Fsp3) is 0.333. The lowest BCUT2D eigenvalue weighted by Crippen LogP contribution is -2.48. The van der Waals surface area contributed by atoms with Gasteiger partial charge in [-0.2, -0.15) is 0 Å². The zero-order valence-electron chi connectivity index (χ0n) is 17.9. The minimum Gasteiger partial charge on any atom is -0.486 e. The Morgan fingerprint density at radius 1 is 1.23 bits per heavy atom. The average molecular weight is 407 g/mol. The van der Waals surface area contributed by atoms with E-state index >= 15 is 0 Å². The maximum atomic E-state index is 6.14. The van der Waals surface area contributed by atoms with Crippen molar-refractivity contribution in [2.75, 3.05) is 18.8 Å². The molecule has 1 fully saturated rings. The van der Waals surface area contributed by atoms with Gasteiger partial charge in [0.2, 0.25) is 0 Å². The zero-order chi connectivity index (χ0) is 21.3. The summed E-state index contributed by atoms with van der Waals surface area (Å²) in [5.41, 5.74) is 9.35. The number of rotatable bonds is 9. The van der Waals surface area contributed by atoms with Crippen LogP contribution < -0.4 is 15.8 Å². The van der Waals surface area contributed by atoms with Crippen molar-refractivity contribution in [2.24, 2.45) is 4.99 Å². The van der Waals surface area contributed by atoms with Crippen molar-refractivity contribution in [1.29, 1.82) is 0 Å². The van der Waals surface area contributed by atoms with E-state index in [4.69, 9.17) is 15.2 Å². The molecule has 1 aromatic heterocycles. The van der Waals surface area contributed by atoms with Gasteiger partial charge in [0.05, 0.1) is 6.20 Å². The number of hydrogen-bond acceptors (Lipinski definition) is 6. The number of pyridine rings is 1. The highest BCUT2D eigenvalue weighted by Crippen LogP contribution is 2.29. The van der Waals surface area contributed by atoms with E-state index in [1.54, 1.807) is 6.20 Å². The first-order valence-corrected chi connectivity index (χ1v) is 10.3. The Bertz CT molecular complexity index is 926. The molecule has 0 bridgehead atoms. The lowest BCUT2D eigenvalue weighted by molar-refractivity contribution is 0.0784. The first-order valence-electron chi connectivity index (χ1n) is 10.3. The molecule has 3 N–H and O–H groups in total. The lowest BCUT2D eigenvalue weighted by Gasteiger charge is -2.28. The second-order valence-corrected chi connectivity index (χ2v) is 7.37. The molecule has 0 saturated carbocycles. The molecule has 0 radical (unpaired) electrons. The summed E-state index contributed by atoms with van der Waals surface area (Å²) in [5.74, 6) is 2.12. The predicted octanol–water partition coefficient (Wildman–Crippen LogP) is 4.79. The van der Waals surface area contributed by atoms with Crippen LogP contribution in [-0.2, 0) is 4.74 Å². The number of unbranched alkanes of at least 4 members (excludes halogenated alkanes) is 1. The molecule has 1 aliphatic rings. The fourth-order valence-corrected chi connectivity index (χ4v) is 2.91. The number of ether oxygens (including phenoxy) is 2. The van der Waals surface area contributed by atoms with Gasteiger partial charge in [0.15, 0.2) is 0 Å². The van der Waals surface area contributed by atoms with E-state index in [0.29, 0.717) is 17.2 Å². The maximum absolute atomic E-state index is 6.14. The topological polar surface area (TPSA) is 81.8 Å². The molecule has 2 heterocycles. The number of nitrogen functional groups attached to an aromatic ring is 1. The molecule has 0 amide bonds. The number of benzene rings is 1. The largest absolute Gasteiger partial charge is 0.486 e. The zero-order valence-corrected chi connectivity index (χ0v) is 17.9. The predicted molar refractivity (Wildman–Crippen MR) is 123 cm³/mol. The van der Waals surface area contributed by atoms with Gasteiger partial charge in [-0.05, 0) is 44.6 Å². The van der Waals surface area contributed by atoms with Gasteiger partial charge >= 0.3 is 0 Å². The number of allylic oxidation sites excluding steroid dienone is 1. The van der Waals surface area contributed by atoms with Crippen LogP contribution in [0.15, 0.2) is 53.4 Å². The van der Waals surface area contributed by atoms with Gasteiger partial charge in [-0.15, -0.1) is 0 Å². The number of aliphatic imine (C=N–C) groups is 1. The Labute approximate surface area is 178 Å². The Morgan fingerprint density at radius 3 is 2.67 bits per heavy atom. The molecule has 0 atom stereocenters. The number of nitrogens with one attached hydrogen (secondary N) is 1. The van der Waals surface area contributed by atoms with Crippen molar-refractivity contribution in [3.05, 3.63) is 65.3 Å². The van der Waals surface area contributed by atoms with Crippen LogP contribution in [0.1, 0.15) is 36.7 Å². The van der Waals surface area contributed by atoms with Crippen molar-refractivity contribution in [3.8, 4) is 11.5 Å². The number of aryl methyl sites for hydroxylation is 2. The molecule has 1 aromatic carbocycles. The smallest absolute Gasteiger partial charge is 0.138 e. The molecular weight excluding hydrogens is 376 g/mol. The molecule has 1 saturated heterocycles. The summed E-state index contributed by atoms with van der Waals surface area (Å²) in [7, 11) is 0. The van der Waals surface area contributed by atoms with Crippen LogP contribution in [-0.4, -0.2) is 30.4 Å². The third kappa shape index (κ3) is 6.46. The van der Waals surface area contributed by atoms with Crippen molar-refractivity contribution in [1.82, 2.24) is 10.3 Å². The van der Waals surface area contributed by atoms with Gasteiger partial charge in [-0.25, -0.2) is 0 Å². The lowest BCUT2D eigenvalue weighted by atomic mass is 10.1. The maximum Gasteiger partial charge on any atom is 0.138 e. The minimum absolute atomic E-state index is 0.173. The second kappa shape index (κ2) is 10.6. The van der Waals surface area contributed by atoms with Gasteiger partial charge in [-0.1, -0.05) is 13.3 Å². The molecule has 3 rings (SSSR count). The highest BCUT2D eigenvalue weighted by molar-refractivity contribution is 5.64. The molecule has 1 aliphatic heterocycles. The van der Waals surface area contributed by atoms with Crippen LogP contribution in [0.2, 0.25) is 0 Å². The van der Waals surface area contributed by atoms with Crippen molar-refractivity contribution in [3.63, 3.8) is 0 Å².